The van der Waals surface area contributed by atoms with Crippen LogP contribution >= 0.6 is 0 Å². The normalized spacial score (nSPS) is 13.0. The molecule has 0 N–H and O–H groups in total. The van der Waals surface area contributed by atoms with E-state index in [2.05, 4.69) is 111 Å². The number of hydrogen-bond donors (Lipinski definition) is 0. The highest BCUT2D eigenvalue weighted by Gasteiger charge is 2.37. The number of furan rings is 1. The molecule has 0 fully saturated rings. The molecule has 0 atom stereocenters. The summed E-state index contributed by atoms with van der Waals surface area (Å²) < 4.78 is 8.19. The third-order valence-electron chi connectivity index (χ3n) is 12.5. The predicted octanol–water partition coefficient (Wildman–Crippen LogP) is 13.2. The van der Waals surface area contributed by atoms with Crippen molar-refractivity contribution in [1.82, 2.24) is 19.5 Å². The van der Waals surface area contributed by atoms with Crippen LogP contribution in [0.4, 0.5) is 0 Å². The van der Waals surface area contributed by atoms with Crippen LogP contribution in [0.25, 0.3) is 106 Å². The number of rotatable bonds is 5. The fourth-order valence-electron chi connectivity index (χ4n) is 9.52. The van der Waals surface area contributed by atoms with Gasteiger partial charge in [-0.3, -0.25) is 9.36 Å². The quantitative estimate of drug-likeness (QED) is 0.163. The summed E-state index contributed by atoms with van der Waals surface area (Å²) in [6.45, 7) is 4.56. The van der Waals surface area contributed by atoms with Crippen molar-refractivity contribution in [2.24, 2.45) is 0 Å². The van der Waals surface area contributed by atoms with Crippen molar-refractivity contribution in [2.75, 3.05) is 0 Å². The summed E-state index contributed by atoms with van der Waals surface area (Å²) >= 11 is 0. The van der Waals surface area contributed by atoms with Gasteiger partial charge in [0.15, 0.2) is 17.5 Å². The monoisotopic (exact) mass is 784 g/mol. The Labute approximate surface area is 351 Å². The van der Waals surface area contributed by atoms with Gasteiger partial charge in [0, 0.05) is 54.9 Å². The van der Waals surface area contributed by atoms with Gasteiger partial charge in [-0.05, 0) is 75.7 Å². The Kier molecular flexibility index (Phi) is 7.62. The molecule has 0 unspecified atom stereocenters. The lowest BCUT2D eigenvalue weighted by Crippen LogP contribution is -2.19. The lowest BCUT2D eigenvalue weighted by molar-refractivity contribution is 0.660. The van der Waals surface area contributed by atoms with Gasteiger partial charge in [-0.25, -0.2) is 15.0 Å². The fraction of sp³-hybridized carbons (Fsp3) is 0.0545. The highest BCUT2D eigenvalue weighted by molar-refractivity contribution is 6.09. The minimum absolute atomic E-state index is 0.0621. The molecule has 6 nitrogen and oxygen atoms in total. The van der Waals surface area contributed by atoms with E-state index in [0.29, 0.717) is 22.9 Å². The summed E-state index contributed by atoms with van der Waals surface area (Å²) in [5.41, 5.74) is 12.7. The smallest absolute Gasteiger partial charge is 0.263 e. The number of hydrogen-bond acceptors (Lipinski definition) is 5. The molecule has 6 heteroatoms. The van der Waals surface area contributed by atoms with Crippen LogP contribution in [0.2, 0.25) is 0 Å². The molecule has 12 rings (SSSR count). The van der Waals surface area contributed by atoms with Crippen molar-refractivity contribution >= 4 is 43.6 Å². The molecule has 0 spiro atoms. The predicted molar refractivity (Wildman–Crippen MR) is 247 cm³/mol. The molecule has 0 aliphatic heterocycles. The van der Waals surface area contributed by atoms with Crippen LogP contribution in [0.5, 0.6) is 0 Å². The zero-order valence-electron chi connectivity index (χ0n) is 33.4. The molecule has 0 saturated carbocycles. The van der Waals surface area contributed by atoms with Gasteiger partial charge in [-0.2, -0.15) is 0 Å². The van der Waals surface area contributed by atoms with Gasteiger partial charge in [0.1, 0.15) is 11.2 Å². The molecule has 8 aromatic carbocycles. The molecular weight excluding hydrogens is 749 g/mol. The second-order valence-corrected chi connectivity index (χ2v) is 16.3. The Morgan fingerprint density at radius 2 is 0.984 bits per heavy atom. The highest BCUT2D eigenvalue weighted by atomic mass is 16.3. The van der Waals surface area contributed by atoms with Crippen molar-refractivity contribution in [1.29, 1.82) is 0 Å². The Morgan fingerprint density at radius 3 is 1.77 bits per heavy atom. The number of para-hydroxylation sites is 3. The summed E-state index contributed by atoms with van der Waals surface area (Å²) in [5.74, 6) is 1.71. The van der Waals surface area contributed by atoms with E-state index in [9.17, 15) is 4.79 Å². The van der Waals surface area contributed by atoms with E-state index in [1.807, 2.05) is 84.9 Å². The summed E-state index contributed by atoms with van der Waals surface area (Å²) in [6, 6.07) is 61.8. The Hall–Kier alpha value is -7.96. The molecule has 3 aromatic heterocycles. The number of nitrogens with zero attached hydrogens (tertiary/aromatic N) is 4. The van der Waals surface area contributed by atoms with E-state index in [1.165, 1.54) is 16.7 Å². The van der Waals surface area contributed by atoms with E-state index >= 15 is 0 Å². The first kappa shape index (κ1) is 35.0. The lowest BCUT2D eigenvalue weighted by Gasteiger charge is -2.21. The topological polar surface area (TPSA) is 73.8 Å². The van der Waals surface area contributed by atoms with Gasteiger partial charge in [-0.1, -0.05) is 153 Å². The van der Waals surface area contributed by atoms with Crippen molar-refractivity contribution in [3.8, 4) is 62.1 Å². The average Bonchev–Trinajstić information content (AvgIpc) is 3.81. The van der Waals surface area contributed by atoms with Gasteiger partial charge < -0.3 is 4.42 Å². The number of fused-ring (bicyclic) bond motifs is 9. The van der Waals surface area contributed by atoms with E-state index in [1.54, 1.807) is 4.57 Å². The molecule has 0 bridgehead atoms. The first-order valence-electron chi connectivity index (χ1n) is 20.6. The summed E-state index contributed by atoms with van der Waals surface area (Å²) in [7, 11) is 0. The van der Waals surface area contributed by atoms with Crippen molar-refractivity contribution in [3.05, 3.63) is 203 Å². The van der Waals surface area contributed by atoms with Gasteiger partial charge >= 0.3 is 0 Å². The molecule has 1 aliphatic rings. The summed E-state index contributed by atoms with van der Waals surface area (Å²) in [4.78, 5) is 29.7. The molecule has 11 aromatic rings. The molecular formula is C55H36N4O2. The standard InChI is InChI=1S/C55H36N4O2/c1-55(2)45-21-8-5-17-43(45)49-44(20-12-22-46(49)55)53-57-51(34-27-25-33(26-28-34)37-18-11-19-41-40-15-7-10-24-48(40)61-50(37)41)56-52(58-53)35-29-31-36(32-30-35)59-47-23-9-6-14-39(47)38-13-3-4-16-42(38)54(59)60/h3-32H,1-2H3. The zero-order valence-corrected chi connectivity index (χ0v) is 33.4. The highest BCUT2D eigenvalue weighted by Crippen LogP contribution is 2.51. The number of benzene rings is 8. The number of pyridine rings is 1. The number of aromatic nitrogens is 4. The maximum Gasteiger partial charge on any atom is 0.263 e. The minimum atomic E-state index is -0.181. The first-order chi connectivity index (χ1) is 29.9. The maximum absolute atomic E-state index is 14.1. The third kappa shape index (κ3) is 5.35. The SMILES string of the molecule is CC1(C)c2ccccc2-c2c(-c3nc(-c4ccc(-c5cccc6c5oc5ccccc56)cc4)nc(-c4ccc(-n5c(=O)c6ccccc6c6ccccc65)cc4)n3)cccc21. The Bertz CT molecular complexity index is 3640. The Balaban J connectivity index is 1.01. The van der Waals surface area contributed by atoms with Gasteiger partial charge in [0.2, 0.25) is 0 Å². The molecule has 0 radical (unpaired) electrons. The van der Waals surface area contributed by atoms with E-state index in [0.717, 1.165) is 77.3 Å². The fourth-order valence-corrected chi connectivity index (χ4v) is 9.52. The van der Waals surface area contributed by atoms with Crippen molar-refractivity contribution in [2.45, 2.75) is 19.3 Å². The van der Waals surface area contributed by atoms with Crippen LogP contribution in [0.1, 0.15) is 25.0 Å². The van der Waals surface area contributed by atoms with Gasteiger partial charge in [-0.15, -0.1) is 0 Å². The largest absolute Gasteiger partial charge is 0.455 e. The van der Waals surface area contributed by atoms with Crippen LogP contribution in [0.15, 0.2) is 191 Å². The molecule has 0 amide bonds. The minimum Gasteiger partial charge on any atom is -0.455 e. The van der Waals surface area contributed by atoms with Gasteiger partial charge in [0.05, 0.1) is 5.52 Å². The average molecular weight is 785 g/mol. The molecule has 1 aliphatic carbocycles. The maximum atomic E-state index is 14.1. The lowest BCUT2D eigenvalue weighted by atomic mass is 9.82. The zero-order chi connectivity index (χ0) is 40.8. The van der Waals surface area contributed by atoms with E-state index < -0.39 is 0 Å². The second-order valence-electron chi connectivity index (χ2n) is 16.3. The summed E-state index contributed by atoms with van der Waals surface area (Å²) in [5, 5.41) is 4.84. The summed E-state index contributed by atoms with van der Waals surface area (Å²) in [6.07, 6.45) is 0. The van der Waals surface area contributed by atoms with Crippen LogP contribution in [0.3, 0.4) is 0 Å². The molecule has 288 valence electrons. The van der Waals surface area contributed by atoms with Crippen molar-refractivity contribution < 1.29 is 4.42 Å². The van der Waals surface area contributed by atoms with Crippen LogP contribution in [-0.2, 0) is 5.41 Å². The van der Waals surface area contributed by atoms with Crippen molar-refractivity contribution in [3.63, 3.8) is 0 Å². The molecule has 0 saturated heterocycles. The Morgan fingerprint density at radius 1 is 0.443 bits per heavy atom. The van der Waals surface area contributed by atoms with Crippen LogP contribution in [-0.4, -0.2) is 19.5 Å². The van der Waals surface area contributed by atoms with Crippen LogP contribution in [0, 0.1) is 0 Å². The molecule has 3 heterocycles. The van der Waals surface area contributed by atoms with E-state index in [-0.39, 0.29) is 11.0 Å². The first-order valence-corrected chi connectivity index (χ1v) is 20.6. The molecule has 61 heavy (non-hydrogen) atoms. The van der Waals surface area contributed by atoms with E-state index in [4.69, 9.17) is 19.4 Å². The second kappa shape index (κ2) is 13.3. The third-order valence-corrected chi connectivity index (χ3v) is 12.5. The van der Waals surface area contributed by atoms with Crippen LogP contribution < -0.4 is 5.56 Å². The van der Waals surface area contributed by atoms with Gasteiger partial charge in [0.25, 0.3) is 5.56 Å².